The Kier molecular flexibility index (Phi) is 4.16. The van der Waals surface area contributed by atoms with E-state index in [4.69, 9.17) is 0 Å². The molecule has 1 aromatic rings. The quantitative estimate of drug-likeness (QED) is 0.862. The van der Waals surface area contributed by atoms with Crippen LogP contribution in [0.1, 0.15) is 51.6 Å². The zero-order chi connectivity index (χ0) is 12.3. The van der Waals surface area contributed by atoms with Crippen molar-refractivity contribution < 1.29 is 0 Å². The maximum Gasteiger partial charge on any atom is 0.0295 e. The van der Waals surface area contributed by atoms with Gasteiger partial charge in [-0.2, -0.15) is 0 Å². The van der Waals surface area contributed by atoms with Gasteiger partial charge >= 0.3 is 0 Å². The van der Waals surface area contributed by atoms with Crippen LogP contribution in [0.25, 0.3) is 0 Å². The van der Waals surface area contributed by atoms with Gasteiger partial charge in [-0.25, -0.2) is 0 Å². The highest BCUT2D eigenvalue weighted by atomic mass is 14.9. The van der Waals surface area contributed by atoms with E-state index in [1.807, 2.05) is 12.4 Å². The van der Waals surface area contributed by atoms with Crippen LogP contribution in [0.2, 0.25) is 0 Å². The van der Waals surface area contributed by atoms with Crippen molar-refractivity contribution in [1.82, 2.24) is 10.3 Å². The van der Waals surface area contributed by atoms with Gasteiger partial charge in [0.2, 0.25) is 0 Å². The molecule has 94 valence electrons. The topological polar surface area (TPSA) is 24.9 Å². The Hall–Kier alpha value is -0.890. The van der Waals surface area contributed by atoms with Crippen LogP contribution < -0.4 is 5.32 Å². The number of hydrogen-bond donors (Lipinski definition) is 1. The zero-order valence-corrected chi connectivity index (χ0v) is 11.2. The summed E-state index contributed by atoms with van der Waals surface area (Å²) in [4.78, 5) is 4.07. The predicted molar refractivity (Wildman–Crippen MR) is 71.8 cm³/mol. The van der Waals surface area contributed by atoms with Gasteiger partial charge in [-0.05, 0) is 55.7 Å². The fourth-order valence-corrected chi connectivity index (χ4v) is 3.18. The molecule has 2 rings (SSSR count). The Morgan fingerprint density at radius 3 is 2.29 bits per heavy atom. The maximum absolute atomic E-state index is 4.07. The summed E-state index contributed by atoms with van der Waals surface area (Å²) < 4.78 is 0. The van der Waals surface area contributed by atoms with Crippen LogP contribution in [0.3, 0.4) is 0 Å². The average Bonchev–Trinajstić information content (AvgIpc) is 2.28. The van der Waals surface area contributed by atoms with E-state index in [1.165, 1.54) is 24.8 Å². The smallest absolute Gasteiger partial charge is 0.0295 e. The third-order valence-corrected chi connectivity index (χ3v) is 3.87. The number of rotatable bonds is 3. The van der Waals surface area contributed by atoms with Gasteiger partial charge in [0.05, 0.1) is 0 Å². The number of nitrogens with zero attached hydrogens (tertiary/aromatic N) is 1. The lowest BCUT2D eigenvalue weighted by molar-refractivity contribution is 0.228. The van der Waals surface area contributed by atoms with Crippen molar-refractivity contribution in [3.05, 3.63) is 30.1 Å². The first-order valence-corrected chi connectivity index (χ1v) is 6.81. The van der Waals surface area contributed by atoms with Gasteiger partial charge in [0.25, 0.3) is 0 Å². The highest BCUT2D eigenvalue weighted by molar-refractivity contribution is 5.14. The molecule has 3 atom stereocenters. The fourth-order valence-electron chi connectivity index (χ4n) is 3.18. The maximum atomic E-state index is 4.07. The van der Waals surface area contributed by atoms with Crippen molar-refractivity contribution in [2.24, 2.45) is 11.8 Å². The lowest BCUT2D eigenvalue weighted by Gasteiger charge is -2.34. The van der Waals surface area contributed by atoms with E-state index in [0.717, 1.165) is 11.8 Å². The SMILES string of the molecule is CC1CC(C)CC(N[C@H](C)c2ccncc2)C1. The van der Waals surface area contributed by atoms with Gasteiger partial charge in [0.1, 0.15) is 0 Å². The van der Waals surface area contributed by atoms with Crippen molar-refractivity contribution in [3.63, 3.8) is 0 Å². The van der Waals surface area contributed by atoms with Crippen molar-refractivity contribution in [3.8, 4) is 0 Å². The summed E-state index contributed by atoms with van der Waals surface area (Å²) in [6, 6.07) is 5.32. The van der Waals surface area contributed by atoms with E-state index in [0.29, 0.717) is 12.1 Å². The summed E-state index contributed by atoms with van der Waals surface area (Å²) in [5, 5.41) is 3.77. The molecule has 2 unspecified atom stereocenters. The summed E-state index contributed by atoms with van der Waals surface area (Å²) in [5.41, 5.74) is 1.34. The molecule has 1 aromatic heterocycles. The van der Waals surface area contributed by atoms with Crippen molar-refractivity contribution >= 4 is 0 Å². The molecule has 1 N–H and O–H groups in total. The molecule has 0 radical (unpaired) electrons. The van der Waals surface area contributed by atoms with Crippen LogP contribution >= 0.6 is 0 Å². The standard InChI is InChI=1S/C15H24N2/c1-11-8-12(2)10-15(9-11)17-13(3)14-4-6-16-7-5-14/h4-7,11-13,15,17H,8-10H2,1-3H3/t11?,12?,13-,15?/m1/s1. The monoisotopic (exact) mass is 232 g/mol. The molecular weight excluding hydrogens is 208 g/mol. The largest absolute Gasteiger partial charge is 0.307 e. The molecule has 1 heterocycles. The normalized spacial score (nSPS) is 31.1. The Bertz CT molecular complexity index is 326. The minimum atomic E-state index is 0.431. The average molecular weight is 232 g/mol. The highest BCUT2D eigenvalue weighted by Crippen LogP contribution is 2.29. The number of hydrogen-bond acceptors (Lipinski definition) is 2. The lowest BCUT2D eigenvalue weighted by atomic mass is 9.80. The zero-order valence-electron chi connectivity index (χ0n) is 11.2. The Morgan fingerprint density at radius 2 is 1.71 bits per heavy atom. The molecule has 0 spiro atoms. The van der Waals surface area contributed by atoms with Crippen LogP contribution in [0.4, 0.5) is 0 Å². The Balaban J connectivity index is 1.92. The molecule has 0 aliphatic heterocycles. The highest BCUT2D eigenvalue weighted by Gasteiger charge is 2.24. The van der Waals surface area contributed by atoms with Crippen LogP contribution in [-0.2, 0) is 0 Å². The molecule has 0 bridgehead atoms. The van der Waals surface area contributed by atoms with E-state index in [2.05, 4.69) is 43.2 Å². The molecule has 2 nitrogen and oxygen atoms in total. The first kappa shape index (κ1) is 12.6. The van der Waals surface area contributed by atoms with E-state index in [-0.39, 0.29) is 0 Å². The van der Waals surface area contributed by atoms with Gasteiger partial charge < -0.3 is 5.32 Å². The van der Waals surface area contributed by atoms with Crippen LogP contribution in [0.5, 0.6) is 0 Å². The van der Waals surface area contributed by atoms with Gasteiger partial charge in [-0.15, -0.1) is 0 Å². The van der Waals surface area contributed by atoms with Crippen molar-refractivity contribution in [2.45, 2.75) is 52.1 Å². The van der Waals surface area contributed by atoms with Gasteiger partial charge in [-0.1, -0.05) is 13.8 Å². The second kappa shape index (κ2) is 5.63. The summed E-state index contributed by atoms with van der Waals surface area (Å²) in [6.07, 6.45) is 7.78. The van der Waals surface area contributed by atoms with Crippen LogP contribution in [0, 0.1) is 11.8 Å². The Morgan fingerprint density at radius 1 is 1.12 bits per heavy atom. The summed E-state index contributed by atoms with van der Waals surface area (Å²) in [7, 11) is 0. The van der Waals surface area contributed by atoms with Crippen LogP contribution in [-0.4, -0.2) is 11.0 Å². The molecule has 0 saturated heterocycles. The summed E-state index contributed by atoms with van der Waals surface area (Å²) in [5.74, 6) is 1.72. The van der Waals surface area contributed by atoms with Gasteiger partial charge in [0, 0.05) is 24.5 Å². The number of aromatic nitrogens is 1. The van der Waals surface area contributed by atoms with Crippen molar-refractivity contribution in [2.75, 3.05) is 0 Å². The first-order valence-electron chi connectivity index (χ1n) is 6.81. The van der Waals surface area contributed by atoms with E-state index < -0.39 is 0 Å². The second-order valence-electron chi connectivity index (χ2n) is 5.78. The molecule has 1 saturated carbocycles. The van der Waals surface area contributed by atoms with Crippen molar-refractivity contribution in [1.29, 1.82) is 0 Å². The third kappa shape index (κ3) is 3.53. The lowest BCUT2D eigenvalue weighted by Crippen LogP contribution is -2.37. The first-order chi connectivity index (χ1) is 8.15. The molecule has 1 fully saturated rings. The molecule has 17 heavy (non-hydrogen) atoms. The van der Waals surface area contributed by atoms with E-state index in [1.54, 1.807) is 0 Å². The van der Waals surface area contributed by atoms with E-state index in [9.17, 15) is 0 Å². The summed E-state index contributed by atoms with van der Waals surface area (Å²) >= 11 is 0. The molecule has 2 heteroatoms. The van der Waals surface area contributed by atoms with Gasteiger partial charge in [-0.3, -0.25) is 4.98 Å². The van der Waals surface area contributed by atoms with Gasteiger partial charge in [0.15, 0.2) is 0 Å². The van der Waals surface area contributed by atoms with Crippen LogP contribution in [0.15, 0.2) is 24.5 Å². The van der Waals surface area contributed by atoms with E-state index >= 15 is 0 Å². The molecule has 0 amide bonds. The summed E-state index contributed by atoms with van der Waals surface area (Å²) in [6.45, 7) is 7.00. The number of pyridine rings is 1. The minimum absolute atomic E-state index is 0.431. The Labute approximate surface area is 105 Å². The predicted octanol–water partition coefficient (Wildman–Crippen LogP) is 3.56. The molecular formula is C15H24N2. The molecule has 1 aliphatic carbocycles. The minimum Gasteiger partial charge on any atom is -0.307 e. The fraction of sp³-hybridized carbons (Fsp3) is 0.667. The molecule has 0 aromatic carbocycles. The number of nitrogens with one attached hydrogen (secondary N) is 1. The second-order valence-corrected chi connectivity index (χ2v) is 5.78. The third-order valence-electron chi connectivity index (χ3n) is 3.87. The molecule has 1 aliphatic rings.